The van der Waals surface area contributed by atoms with Gasteiger partial charge >= 0.3 is 5.97 Å². The van der Waals surface area contributed by atoms with Crippen LogP contribution in [0.2, 0.25) is 0 Å². The maximum absolute atomic E-state index is 13.2. The lowest BCUT2D eigenvalue weighted by molar-refractivity contribution is -0.145. The second kappa shape index (κ2) is 6.84. The first kappa shape index (κ1) is 20.4. The van der Waals surface area contributed by atoms with Crippen molar-refractivity contribution in [2.45, 2.75) is 32.6 Å². The Morgan fingerprint density at radius 3 is 2.30 bits per heavy atom. The molecule has 0 saturated heterocycles. The van der Waals surface area contributed by atoms with Crippen molar-refractivity contribution < 1.29 is 19.1 Å². The molecule has 152 valence electrons. The van der Waals surface area contributed by atoms with E-state index in [1.807, 2.05) is 6.07 Å². The summed E-state index contributed by atoms with van der Waals surface area (Å²) in [5, 5.41) is 18.9. The van der Waals surface area contributed by atoms with Crippen LogP contribution in [0.4, 0.5) is 0 Å². The van der Waals surface area contributed by atoms with E-state index in [0.29, 0.717) is 5.69 Å². The summed E-state index contributed by atoms with van der Waals surface area (Å²) in [6.45, 7) is 1.54. The third-order valence-electron chi connectivity index (χ3n) is 6.03. The minimum Gasteiger partial charge on any atom is -0.463 e. The molecule has 1 heterocycles. The van der Waals surface area contributed by atoms with Crippen LogP contribution in [0.5, 0.6) is 0 Å². The molecule has 0 bridgehead atoms. The number of aromatic nitrogens is 1. The molecule has 0 saturated carbocycles. The first-order chi connectivity index (χ1) is 14.3. The number of H-pyrrole nitrogens is 1. The summed E-state index contributed by atoms with van der Waals surface area (Å²) in [7, 11) is 0. The van der Waals surface area contributed by atoms with Crippen LogP contribution in [0, 0.1) is 33.5 Å². The van der Waals surface area contributed by atoms with Crippen LogP contribution < -0.4 is 0 Å². The highest BCUT2D eigenvalue weighted by Crippen LogP contribution is 2.68. The van der Waals surface area contributed by atoms with Crippen LogP contribution in [0.3, 0.4) is 0 Å². The number of carbonyl (C=O) groups excluding carboxylic acids is 3. The number of rotatable bonds is 3. The average molecular weight is 444 g/mol. The maximum Gasteiger partial charge on any atom is 0.336 e. The molecule has 9 heteroatoms. The molecule has 3 aliphatic rings. The molecular weight excluding hydrogens is 429 g/mol. The normalized spacial score (nSPS) is 27.6. The molecule has 1 aromatic heterocycles. The molecule has 0 aromatic carbocycles. The number of aryl methyl sites for hydroxylation is 2. The lowest BCUT2D eigenvalue weighted by Gasteiger charge is -2.51. The van der Waals surface area contributed by atoms with Crippen LogP contribution >= 0.6 is 23.2 Å². The molecule has 7 nitrogen and oxygen atoms in total. The van der Waals surface area contributed by atoms with E-state index in [9.17, 15) is 24.9 Å². The molecule has 1 N–H and O–H groups in total. The number of ether oxygens (including phenoxy) is 1. The van der Waals surface area contributed by atoms with Crippen molar-refractivity contribution in [3.05, 3.63) is 38.7 Å². The van der Waals surface area contributed by atoms with E-state index in [-0.39, 0.29) is 17.8 Å². The number of ketones is 2. The number of esters is 1. The van der Waals surface area contributed by atoms with Gasteiger partial charge in [-0.25, -0.2) is 4.79 Å². The fraction of sp³-hybridized carbons (Fsp3) is 0.381. The van der Waals surface area contributed by atoms with Crippen molar-refractivity contribution in [1.29, 1.82) is 10.5 Å². The Morgan fingerprint density at radius 2 is 1.73 bits per heavy atom. The predicted octanol–water partition coefficient (Wildman–Crippen LogP) is 3.08. The highest BCUT2D eigenvalue weighted by atomic mass is 35.5. The van der Waals surface area contributed by atoms with Gasteiger partial charge in [0.05, 0.1) is 24.3 Å². The highest BCUT2D eigenvalue weighted by molar-refractivity contribution is 6.59. The lowest BCUT2D eigenvalue weighted by Crippen LogP contribution is -2.64. The molecule has 0 amide bonds. The predicted molar refractivity (Wildman–Crippen MR) is 106 cm³/mol. The van der Waals surface area contributed by atoms with E-state index in [1.54, 1.807) is 19.1 Å². The smallest absolute Gasteiger partial charge is 0.336 e. The minimum atomic E-state index is -2.42. The topological polar surface area (TPSA) is 124 Å². The van der Waals surface area contributed by atoms with Crippen molar-refractivity contribution in [3.63, 3.8) is 0 Å². The number of hydrogen-bond donors (Lipinski definition) is 1. The van der Waals surface area contributed by atoms with Gasteiger partial charge in [-0.2, -0.15) is 10.5 Å². The van der Waals surface area contributed by atoms with Gasteiger partial charge in [0.15, 0.2) is 10.8 Å². The Kier molecular flexibility index (Phi) is 4.65. The van der Waals surface area contributed by atoms with Crippen LogP contribution in [0.25, 0.3) is 5.57 Å². The summed E-state index contributed by atoms with van der Waals surface area (Å²) in [5.41, 5.74) is -2.81. The molecule has 0 spiro atoms. The van der Waals surface area contributed by atoms with Gasteiger partial charge in [-0.05, 0) is 44.2 Å². The number of carbonyl (C=O) groups is 3. The molecule has 0 fully saturated rings. The van der Waals surface area contributed by atoms with Crippen LogP contribution in [0.1, 0.15) is 36.7 Å². The Bertz CT molecular complexity index is 1160. The Hall–Kier alpha value is -2.87. The molecule has 0 radical (unpaired) electrons. The van der Waals surface area contributed by atoms with Gasteiger partial charge in [0.1, 0.15) is 10.1 Å². The number of nitrogens with zero attached hydrogens (tertiary/aromatic N) is 2. The number of hydrogen-bond acceptors (Lipinski definition) is 6. The first-order valence-electron chi connectivity index (χ1n) is 9.42. The van der Waals surface area contributed by atoms with Crippen molar-refractivity contribution in [2.24, 2.45) is 10.8 Å². The summed E-state index contributed by atoms with van der Waals surface area (Å²) in [5.74, 6) is -2.98. The number of halogens is 2. The van der Waals surface area contributed by atoms with Crippen molar-refractivity contribution in [3.8, 4) is 12.1 Å². The largest absolute Gasteiger partial charge is 0.463 e. The molecule has 2 unspecified atom stereocenters. The third-order valence-corrected chi connectivity index (χ3v) is 6.85. The van der Waals surface area contributed by atoms with Crippen LogP contribution in [-0.4, -0.2) is 29.1 Å². The molecule has 0 aliphatic heterocycles. The first-order valence-corrected chi connectivity index (χ1v) is 10.2. The van der Waals surface area contributed by atoms with Gasteiger partial charge < -0.3 is 9.72 Å². The molecule has 2 atom stereocenters. The second-order valence-corrected chi connectivity index (χ2v) is 8.13. The zero-order valence-electron chi connectivity index (χ0n) is 15.9. The van der Waals surface area contributed by atoms with Crippen molar-refractivity contribution in [2.75, 3.05) is 6.61 Å². The van der Waals surface area contributed by atoms with Gasteiger partial charge in [-0.15, -0.1) is 0 Å². The molecule has 4 rings (SSSR count). The van der Waals surface area contributed by atoms with E-state index < -0.39 is 38.4 Å². The standard InChI is InChI=1S/C21H15Cl2N3O4/c1-2-30-19(29)14-13(12-7-10-5-3-4-6-11(10)26-12)20(8-24)17(27)15(22)16(23)18(28)21(14,20)9-25/h7,26H,2-6H2,1H3. The summed E-state index contributed by atoms with van der Waals surface area (Å²) in [6.07, 6.45) is 3.54. The summed E-state index contributed by atoms with van der Waals surface area (Å²) in [6, 6.07) is 5.35. The van der Waals surface area contributed by atoms with Crippen molar-refractivity contribution in [1.82, 2.24) is 4.98 Å². The fourth-order valence-electron chi connectivity index (χ4n) is 4.70. The zero-order chi connectivity index (χ0) is 21.8. The summed E-state index contributed by atoms with van der Waals surface area (Å²) in [4.78, 5) is 42.3. The van der Waals surface area contributed by atoms with Gasteiger partial charge in [0.25, 0.3) is 0 Å². The van der Waals surface area contributed by atoms with E-state index >= 15 is 0 Å². The maximum atomic E-state index is 13.2. The van der Waals surface area contributed by atoms with E-state index in [1.165, 1.54) is 0 Å². The lowest BCUT2D eigenvalue weighted by atomic mass is 9.42. The number of allylic oxidation sites excluding steroid dienone is 3. The minimum absolute atomic E-state index is 0.0234. The highest BCUT2D eigenvalue weighted by Gasteiger charge is 2.79. The Morgan fingerprint density at radius 1 is 1.13 bits per heavy atom. The van der Waals surface area contributed by atoms with Gasteiger partial charge in [0.2, 0.25) is 11.6 Å². The average Bonchev–Trinajstić information content (AvgIpc) is 3.15. The van der Waals surface area contributed by atoms with Gasteiger partial charge in [-0.3, -0.25) is 9.59 Å². The fourth-order valence-corrected chi connectivity index (χ4v) is 5.15. The number of Topliss-reactive ketones (excluding diaryl/α,β-unsaturated/α-hetero) is 2. The molecule has 1 aromatic rings. The number of nitriles is 2. The number of aromatic amines is 1. The van der Waals surface area contributed by atoms with E-state index in [0.717, 1.165) is 36.9 Å². The van der Waals surface area contributed by atoms with Crippen LogP contribution in [-0.2, 0) is 32.0 Å². The molecule has 3 aliphatic carbocycles. The molecular formula is C21H15Cl2N3O4. The van der Waals surface area contributed by atoms with Crippen LogP contribution in [0.15, 0.2) is 21.7 Å². The van der Waals surface area contributed by atoms with Crippen molar-refractivity contribution >= 4 is 46.3 Å². The van der Waals surface area contributed by atoms with Gasteiger partial charge in [0, 0.05) is 17.0 Å². The number of nitrogens with one attached hydrogen (secondary N) is 1. The molecule has 30 heavy (non-hydrogen) atoms. The number of fused-ring (bicyclic) bond motifs is 2. The summed E-state index contributed by atoms with van der Waals surface area (Å²) < 4.78 is 5.08. The Labute approximate surface area is 181 Å². The third kappa shape index (κ3) is 2.17. The quantitative estimate of drug-likeness (QED) is 0.715. The van der Waals surface area contributed by atoms with E-state index in [2.05, 4.69) is 4.98 Å². The zero-order valence-corrected chi connectivity index (χ0v) is 17.4. The second-order valence-electron chi connectivity index (χ2n) is 7.37. The Balaban J connectivity index is 2.08. The monoisotopic (exact) mass is 443 g/mol. The van der Waals surface area contributed by atoms with E-state index in [4.69, 9.17) is 27.9 Å². The summed E-state index contributed by atoms with van der Waals surface area (Å²) >= 11 is 12.0. The van der Waals surface area contributed by atoms with Gasteiger partial charge in [-0.1, -0.05) is 23.2 Å². The SMILES string of the molecule is CCOC(=O)C1=C(c2cc3c([nH]2)CCCC3)C2(C#N)C(=O)C(Cl)=C(Cl)C(=O)C12C#N.